The normalized spacial score (nSPS) is 14.4. The number of aromatic nitrogens is 2. The van der Waals surface area contributed by atoms with Crippen LogP contribution >= 0.6 is 11.3 Å². The smallest absolute Gasteiger partial charge is 0.323 e. The number of rotatable bonds is 4. The molecule has 0 saturated carbocycles. The van der Waals surface area contributed by atoms with Gasteiger partial charge in [-0.05, 0) is 61.6 Å². The van der Waals surface area contributed by atoms with Gasteiger partial charge in [0.1, 0.15) is 5.82 Å². The Bertz CT molecular complexity index is 1030. The fourth-order valence-corrected chi connectivity index (χ4v) is 4.68. The van der Waals surface area contributed by atoms with Gasteiger partial charge in [-0.1, -0.05) is 17.4 Å². The van der Waals surface area contributed by atoms with Crippen molar-refractivity contribution in [3.05, 3.63) is 46.6 Å². The van der Waals surface area contributed by atoms with Crippen LogP contribution in [-0.2, 0) is 6.42 Å². The van der Waals surface area contributed by atoms with Crippen LogP contribution in [0.4, 0.5) is 15.7 Å². The SMILES string of the molecule is Cc1cc2nc(NC(=O)N3CCN(c4ncc(CCO)cc4C)CC3)sc2cc1C. The molecule has 3 heterocycles. The number of aryl methyl sites for hydroxylation is 3. The molecular formula is C22H27N5O2S. The summed E-state index contributed by atoms with van der Waals surface area (Å²) in [5.41, 5.74) is 5.50. The number of hydrogen-bond donors (Lipinski definition) is 2. The monoisotopic (exact) mass is 425 g/mol. The predicted octanol–water partition coefficient (Wildman–Crippen LogP) is 3.51. The number of aliphatic hydroxyl groups excluding tert-OH is 1. The van der Waals surface area contributed by atoms with E-state index in [-0.39, 0.29) is 12.6 Å². The molecule has 2 N–H and O–H groups in total. The molecule has 2 amide bonds. The Morgan fingerprint density at radius 3 is 2.53 bits per heavy atom. The average molecular weight is 426 g/mol. The van der Waals surface area contributed by atoms with Crippen molar-refractivity contribution in [2.24, 2.45) is 0 Å². The van der Waals surface area contributed by atoms with E-state index in [0.717, 1.165) is 40.3 Å². The van der Waals surface area contributed by atoms with Crippen molar-refractivity contribution in [1.29, 1.82) is 0 Å². The molecule has 0 atom stereocenters. The summed E-state index contributed by atoms with van der Waals surface area (Å²) >= 11 is 1.51. The molecule has 4 rings (SSSR count). The summed E-state index contributed by atoms with van der Waals surface area (Å²) in [6.07, 6.45) is 2.45. The van der Waals surface area contributed by atoms with Gasteiger partial charge in [0.15, 0.2) is 5.13 Å². The molecule has 0 radical (unpaired) electrons. The van der Waals surface area contributed by atoms with Crippen molar-refractivity contribution < 1.29 is 9.90 Å². The number of piperazine rings is 1. The zero-order valence-corrected chi connectivity index (χ0v) is 18.4. The summed E-state index contributed by atoms with van der Waals surface area (Å²) in [7, 11) is 0. The van der Waals surface area contributed by atoms with Gasteiger partial charge in [-0.25, -0.2) is 14.8 Å². The summed E-state index contributed by atoms with van der Waals surface area (Å²) in [4.78, 5) is 25.9. The minimum atomic E-state index is -0.106. The molecule has 8 heteroatoms. The number of anilines is 2. The topological polar surface area (TPSA) is 81.6 Å². The van der Waals surface area contributed by atoms with Crippen LogP contribution in [0.2, 0.25) is 0 Å². The van der Waals surface area contributed by atoms with Crippen molar-refractivity contribution in [2.45, 2.75) is 27.2 Å². The van der Waals surface area contributed by atoms with Crippen LogP contribution < -0.4 is 10.2 Å². The van der Waals surface area contributed by atoms with E-state index in [1.165, 1.54) is 22.5 Å². The highest BCUT2D eigenvalue weighted by atomic mass is 32.1. The number of amides is 2. The predicted molar refractivity (Wildman–Crippen MR) is 122 cm³/mol. The molecule has 30 heavy (non-hydrogen) atoms. The molecule has 1 saturated heterocycles. The van der Waals surface area contributed by atoms with Gasteiger partial charge in [0.05, 0.1) is 10.2 Å². The van der Waals surface area contributed by atoms with Crippen molar-refractivity contribution in [2.75, 3.05) is 43.0 Å². The summed E-state index contributed by atoms with van der Waals surface area (Å²) in [6.45, 7) is 9.06. The molecule has 3 aromatic rings. The van der Waals surface area contributed by atoms with Crippen LogP contribution in [0.25, 0.3) is 10.2 Å². The van der Waals surface area contributed by atoms with Gasteiger partial charge in [0, 0.05) is 39.0 Å². The molecule has 158 valence electrons. The molecule has 0 spiro atoms. The second kappa shape index (κ2) is 8.57. The van der Waals surface area contributed by atoms with Gasteiger partial charge in [-0.3, -0.25) is 5.32 Å². The number of hydrogen-bond acceptors (Lipinski definition) is 6. The molecule has 1 aromatic carbocycles. The summed E-state index contributed by atoms with van der Waals surface area (Å²) in [5.74, 6) is 0.952. The Morgan fingerprint density at radius 1 is 1.10 bits per heavy atom. The first-order chi connectivity index (χ1) is 14.4. The second-order valence-electron chi connectivity index (χ2n) is 7.79. The lowest BCUT2D eigenvalue weighted by atomic mass is 10.1. The molecule has 2 aromatic heterocycles. The standard InChI is InChI=1S/C22H27N5O2S/c1-14-11-18-19(12-15(14)2)30-21(24-18)25-22(29)27-7-5-26(6-8-27)20-16(3)10-17(4-9-28)13-23-20/h10-13,28H,4-9H2,1-3H3,(H,24,25,29). The van der Waals surface area contributed by atoms with Gasteiger partial charge in [0.2, 0.25) is 0 Å². The fraction of sp³-hybridized carbons (Fsp3) is 0.409. The largest absolute Gasteiger partial charge is 0.396 e. The molecule has 0 bridgehead atoms. The number of nitrogens with zero attached hydrogens (tertiary/aromatic N) is 4. The third kappa shape index (κ3) is 4.24. The Balaban J connectivity index is 1.37. The lowest BCUT2D eigenvalue weighted by Gasteiger charge is -2.35. The number of aliphatic hydroxyl groups is 1. The minimum Gasteiger partial charge on any atom is -0.396 e. The van der Waals surface area contributed by atoms with Crippen molar-refractivity contribution in [1.82, 2.24) is 14.9 Å². The highest BCUT2D eigenvalue weighted by molar-refractivity contribution is 7.22. The quantitative estimate of drug-likeness (QED) is 0.669. The number of benzene rings is 1. The maximum atomic E-state index is 12.7. The number of pyridine rings is 1. The van der Waals surface area contributed by atoms with Gasteiger partial charge < -0.3 is 14.9 Å². The van der Waals surface area contributed by atoms with E-state index in [1.807, 2.05) is 18.0 Å². The molecule has 0 aliphatic carbocycles. The molecule has 1 fully saturated rings. The molecular weight excluding hydrogens is 398 g/mol. The summed E-state index contributed by atoms with van der Waals surface area (Å²) in [6, 6.07) is 6.16. The fourth-order valence-electron chi connectivity index (χ4n) is 3.75. The van der Waals surface area contributed by atoms with Crippen molar-refractivity contribution in [3.63, 3.8) is 0 Å². The summed E-state index contributed by atoms with van der Waals surface area (Å²) < 4.78 is 1.09. The van der Waals surface area contributed by atoms with Crippen LogP contribution in [0.5, 0.6) is 0 Å². The third-order valence-corrected chi connectivity index (χ3v) is 6.53. The zero-order chi connectivity index (χ0) is 21.3. The van der Waals surface area contributed by atoms with Gasteiger partial charge in [-0.2, -0.15) is 0 Å². The first kappa shape index (κ1) is 20.6. The van der Waals surface area contributed by atoms with E-state index in [4.69, 9.17) is 5.11 Å². The number of carbonyl (C=O) groups is 1. The number of nitrogens with one attached hydrogen (secondary N) is 1. The van der Waals surface area contributed by atoms with E-state index < -0.39 is 0 Å². The number of carbonyl (C=O) groups excluding carboxylic acids is 1. The Morgan fingerprint density at radius 2 is 1.83 bits per heavy atom. The third-order valence-electron chi connectivity index (χ3n) is 5.59. The first-order valence-electron chi connectivity index (χ1n) is 10.2. The van der Waals surface area contributed by atoms with Crippen LogP contribution in [-0.4, -0.2) is 58.8 Å². The molecule has 7 nitrogen and oxygen atoms in total. The van der Waals surface area contributed by atoms with E-state index in [2.05, 4.69) is 52.2 Å². The minimum absolute atomic E-state index is 0.106. The molecule has 1 aliphatic rings. The van der Waals surface area contributed by atoms with Gasteiger partial charge in [0.25, 0.3) is 0 Å². The highest BCUT2D eigenvalue weighted by Gasteiger charge is 2.23. The number of fused-ring (bicyclic) bond motifs is 1. The maximum absolute atomic E-state index is 12.7. The lowest BCUT2D eigenvalue weighted by molar-refractivity contribution is 0.208. The maximum Gasteiger partial charge on any atom is 0.323 e. The van der Waals surface area contributed by atoms with E-state index in [0.29, 0.717) is 24.6 Å². The van der Waals surface area contributed by atoms with E-state index >= 15 is 0 Å². The van der Waals surface area contributed by atoms with E-state index in [9.17, 15) is 4.79 Å². The van der Waals surface area contributed by atoms with Crippen molar-refractivity contribution in [3.8, 4) is 0 Å². The summed E-state index contributed by atoms with van der Waals surface area (Å²) in [5, 5.41) is 12.7. The van der Waals surface area contributed by atoms with Crippen LogP contribution in [0, 0.1) is 20.8 Å². The Kier molecular flexibility index (Phi) is 5.87. The van der Waals surface area contributed by atoms with Crippen molar-refractivity contribution >= 4 is 38.5 Å². The Labute approximate surface area is 180 Å². The van der Waals surface area contributed by atoms with E-state index in [1.54, 1.807) is 0 Å². The second-order valence-corrected chi connectivity index (χ2v) is 8.82. The van der Waals surface area contributed by atoms with Gasteiger partial charge in [-0.15, -0.1) is 0 Å². The molecule has 0 unspecified atom stereocenters. The van der Waals surface area contributed by atoms with Crippen LogP contribution in [0.3, 0.4) is 0 Å². The average Bonchev–Trinajstić information content (AvgIpc) is 3.09. The number of thiazole rings is 1. The van der Waals surface area contributed by atoms with Crippen LogP contribution in [0.1, 0.15) is 22.3 Å². The lowest BCUT2D eigenvalue weighted by Crippen LogP contribution is -2.50. The van der Waals surface area contributed by atoms with Gasteiger partial charge >= 0.3 is 6.03 Å². The number of urea groups is 1. The highest BCUT2D eigenvalue weighted by Crippen LogP contribution is 2.28. The van der Waals surface area contributed by atoms with Crippen LogP contribution in [0.15, 0.2) is 24.4 Å². The Hall–Kier alpha value is -2.71. The zero-order valence-electron chi connectivity index (χ0n) is 17.6. The first-order valence-corrected chi connectivity index (χ1v) is 11.0. The molecule has 1 aliphatic heterocycles.